The summed E-state index contributed by atoms with van der Waals surface area (Å²) in [7, 11) is 0. The summed E-state index contributed by atoms with van der Waals surface area (Å²) in [5.41, 5.74) is 8.67. The Morgan fingerprint density at radius 3 is 2.64 bits per heavy atom. The van der Waals surface area contributed by atoms with Gasteiger partial charge in [0.25, 0.3) is 0 Å². The second-order valence-electron chi connectivity index (χ2n) is 6.59. The molecule has 25 heavy (non-hydrogen) atoms. The quantitative estimate of drug-likeness (QED) is 0.618. The van der Waals surface area contributed by atoms with Crippen molar-refractivity contribution in [3.8, 4) is 5.75 Å². The summed E-state index contributed by atoms with van der Waals surface area (Å²) in [6, 6.07) is 6.31. The zero-order valence-corrected chi connectivity index (χ0v) is 15.2. The number of ether oxygens (including phenoxy) is 1. The van der Waals surface area contributed by atoms with Crippen LogP contribution in [-0.4, -0.2) is 21.7 Å². The highest BCUT2D eigenvalue weighted by Gasteiger charge is 2.15. The van der Waals surface area contributed by atoms with Crippen molar-refractivity contribution >= 4 is 11.9 Å². The summed E-state index contributed by atoms with van der Waals surface area (Å²) in [5.74, 6) is -0.0719. The van der Waals surface area contributed by atoms with E-state index in [9.17, 15) is 9.59 Å². The maximum absolute atomic E-state index is 12.1. The lowest BCUT2D eigenvalue weighted by molar-refractivity contribution is -0.134. The Bertz CT molecular complexity index is 778. The number of nitrogens with zero attached hydrogens (tertiary/aromatic N) is 2. The van der Waals surface area contributed by atoms with Crippen molar-refractivity contribution in [3.05, 3.63) is 46.8 Å². The van der Waals surface area contributed by atoms with Crippen molar-refractivity contribution < 1.29 is 14.3 Å². The number of rotatable bonds is 7. The first kappa shape index (κ1) is 18.7. The van der Waals surface area contributed by atoms with Crippen LogP contribution in [-0.2, 0) is 17.8 Å². The van der Waals surface area contributed by atoms with Crippen molar-refractivity contribution in [2.75, 3.05) is 0 Å². The van der Waals surface area contributed by atoms with Crippen molar-refractivity contribution in [2.45, 2.75) is 47.1 Å². The lowest BCUT2D eigenvalue weighted by Crippen LogP contribution is -2.13. The maximum Gasteiger partial charge on any atom is 0.311 e. The van der Waals surface area contributed by atoms with Crippen molar-refractivity contribution in [1.82, 2.24) is 9.78 Å². The van der Waals surface area contributed by atoms with E-state index in [0.717, 1.165) is 23.5 Å². The monoisotopic (exact) mass is 343 g/mol. The molecule has 0 fully saturated rings. The second-order valence-corrected chi connectivity index (χ2v) is 6.59. The predicted molar refractivity (Wildman–Crippen MR) is 95.5 cm³/mol. The number of hydrogen-bond donors (Lipinski definition) is 1. The van der Waals surface area contributed by atoms with Gasteiger partial charge in [0.1, 0.15) is 5.75 Å². The smallest absolute Gasteiger partial charge is 0.311 e. The third-order valence-electron chi connectivity index (χ3n) is 4.00. The summed E-state index contributed by atoms with van der Waals surface area (Å²) in [5, 5.41) is 4.56. The third kappa shape index (κ3) is 4.92. The van der Waals surface area contributed by atoms with Crippen LogP contribution in [0.25, 0.3) is 0 Å². The van der Waals surface area contributed by atoms with Crippen LogP contribution >= 0.6 is 0 Å². The number of carbonyl (C=O) groups is 2. The first-order valence-corrected chi connectivity index (χ1v) is 8.41. The highest BCUT2D eigenvalue weighted by Crippen LogP contribution is 2.18. The van der Waals surface area contributed by atoms with E-state index in [4.69, 9.17) is 10.5 Å². The lowest BCUT2D eigenvalue weighted by Gasteiger charge is -2.08. The van der Waals surface area contributed by atoms with E-state index in [1.165, 1.54) is 6.07 Å². The Morgan fingerprint density at radius 2 is 2.00 bits per heavy atom. The number of primary amides is 1. The molecule has 0 saturated heterocycles. The van der Waals surface area contributed by atoms with E-state index in [0.29, 0.717) is 23.7 Å². The van der Waals surface area contributed by atoms with Crippen LogP contribution < -0.4 is 10.5 Å². The normalized spacial score (nSPS) is 10.9. The standard InChI is InChI=1S/C19H25N3O3/c1-12(2)11-22-14(4)17(13(3)21-22)8-9-18(23)25-16-7-5-6-15(10-16)19(20)24/h5-7,10,12H,8-9,11H2,1-4H3,(H2,20,24). The summed E-state index contributed by atoms with van der Waals surface area (Å²) in [4.78, 5) is 23.3. The SMILES string of the molecule is Cc1nn(CC(C)C)c(C)c1CCC(=O)Oc1cccc(C(N)=O)c1. The molecule has 0 atom stereocenters. The summed E-state index contributed by atoms with van der Waals surface area (Å²) in [6.45, 7) is 9.14. The molecule has 0 unspecified atom stereocenters. The number of hydrogen-bond acceptors (Lipinski definition) is 4. The molecule has 134 valence electrons. The molecule has 2 aromatic rings. The van der Waals surface area contributed by atoms with Gasteiger partial charge in [-0.2, -0.15) is 5.10 Å². The second kappa shape index (κ2) is 7.96. The Labute approximate surface area is 148 Å². The van der Waals surface area contributed by atoms with Crippen LogP contribution in [0.5, 0.6) is 5.75 Å². The molecule has 0 aliphatic carbocycles. The van der Waals surface area contributed by atoms with Gasteiger partial charge in [0.2, 0.25) is 5.91 Å². The first-order chi connectivity index (χ1) is 11.8. The summed E-state index contributed by atoms with van der Waals surface area (Å²) < 4.78 is 7.30. The molecule has 1 aromatic carbocycles. The van der Waals surface area contributed by atoms with Crippen molar-refractivity contribution in [2.24, 2.45) is 11.7 Å². The van der Waals surface area contributed by atoms with E-state index in [1.54, 1.807) is 18.2 Å². The van der Waals surface area contributed by atoms with Gasteiger partial charge in [0, 0.05) is 17.8 Å². The van der Waals surface area contributed by atoms with Gasteiger partial charge in [-0.15, -0.1) is 0 Å². The molecule has 1 aromatic heterocycles. The highest BCUT2D eigenvalue weighted by atomic mass is 16.5. The Kier molecular flexibility index (Phi) is 5.96. The molecule has 0 spiro atoms. The number of nitrogens with two attached hydrogens (primary N) is 1. The van der Waals surface area contributed by atoms with Gasteiger partial charge >= 0.3 is 5.97 Å². The topological polar surface area (TPSA) is 87.2 Å². The molecule has 0 saturated carbocycles. The van der Waals surface area contributed by atoms with E-state index in [1.807, 2.05) is 18.5 Å². The van der Waals surface area contributed by atoms with Crippen molar-refractivity contribution in [1.29, 1.82) is 0 Å². The van der Waals surface area contributed by atoms with Crippen LogP contribution in [0.1, 0.15) is 47.6 Å². The van der Waals surface area contributed by atoms with E-state index in [2.05, 4.69) is 18.9 Å². The molecule has 6 nitrogen and oxygen atoms in total. The molecular weight excluding hydrogens is 318 g/mol. The minimum Gasteiger partial charge on any atom is -0.426 e. The van der Waals surface area contributed by atoms with Crippen LogP contribution in [0, 0.1) is 19.8 Å². The van der Waals surface area contributed by atoms with Crippen LogP contribution in [0.2, 0.25) is 0 Å². The number of esters is 1. The zero-order chi connectivity index (χ0) is 18.6. The number of aryl methyl sites for hydroxylation is 1. The number of carbonyl (C=O) groups excluding carboxylic acids is 2. The van der Waals surface area contributed by atoms with Crippen LogP contribution in [0.4, 0.5) is 0 Å². The third-order valence-corrected chi connectivity index (χ3v) is 4.00. The summed E-state index contributed by atoms with van der Waals surface area (Å²) in [6.07, 6.45) is 0.819. The van der Waals surface area contributed by atoms with Gasteiger partial charge in [-0.1, -0.05) is 19.9 Å². The minimum absolute atomic E-state index is 0.246. The molecule has 0 radical (unpaired) electrons. The first-order valence-electron chi connectivity index (χ1n) is 8.41. The fraction of sp³-hybridized carbons (Fsp3) is 0.421. The fourth-order valence-electron chi connectivity index (χ4n) is 2.74. The molecule has 2 N–H and O–H groups in total. The molecule has 0 bridgehead atoms. The Hall–Kier alpha value is -2.63. The average molecular weight is 343 g/mol. The lowest BCUT2D eigenvalue weighted by atomic mass is 10.1. The van der Waals surface area contributed by atoms with Crippen molar-refractivity contribution in [3.63, 3.8) is 0 Å². The fourth-order valence-corrected chi connectivity index (χ4v) is 2.74. The van der Waals surface area contributed by atoms with Gasteiger partial charge in [0.05, 0.1) is 12.1 Å². The van der Waals surface area contributed by atoms with E-state index >= 15 is 0 Å². The summed E-state index contributed by atoms with van der Waals surface area (Å²) >= 11 is 0. The van der Waals surface area contributed by atoms with Crippen LogP contribution in [0.15, 0.2) is 24.3 Å². The average Bonchev–Trinajstić information content (AvgIpc) is 2.79. The molecule has 0 aliphatic rings. The molecule has 0 aliphatic heterocycles. The minimum atomic E-state index is -0.554. The molecular formula is C19H25N3O3. The maximum atomic E-state index is 12.1. The number of aromatic nitrogens is 2. The van der Waals surface area contributed by atoms with Crippen LogP contribution in [0.3, 0.4) is 0 Å². The van der Waals surface area contributed by atoms with Gasteiger partial charge in [0.15, 0.2) is 0 Å². The van der Waals surface area contributed by atoms with Gasteiger partial charge in [-0.05, 0) is 49.9 Å². The van der Waals surface area contributed by atoms with Gasteiger partial charge in [-0.3, -0.25) is 14.3 Å². The zero-order valence-electron chi connectivity index (χ0n) is 15.2. The van der Waals surface area contributed by atoms with E-state index in [-0.39, 0.29) is 12.4 Å². The highest BCUT2D eigenvalue weighted by molar-refractivity contribution is 5.93. The number of benzene rings is 1. The van der Waals surface area contributed by atoms with Gasteiger partial charge < -0.3 is 10.5 Å². The molecule has 6 heteroatoms. The number of amides is 1. The molecule has 2 rings (SSSR count). The Morgan fingerprint density at radius 1 is 1.28 bits per heavy atom. The van der Waals surface area contributed by atoms with E-state index < -0.39 is 5.91 Å². The largest absolute Gasteiger partial charge is 0.426 e. The predicted octanol–water partition coefficient (Wildman–Crippen LogP) is 2.79. The van der Waals surface area contributed by atoms with Gasteiger partial charge in [-0.25, -0.2) is 0 Å². The molecule has 1 amide bonds. The molecule has 1 heterocycles. The Balaban J connectivity index is 2.00.